The number of imidazole rings is 1. The van der Waals surface area contributed by atoms with E-state index in [2.05, 4.69) is 16.2 Å². The van der Waals surface area contributed by atoms with Gasteiger partial charge in [0.25, 0.3) is 5.91 Å². The van der Waals surface area contributed by atoms with E-state index in [0.717, 1.165) is 75.7 Å². The topological polar surface area (TPSA) is 50.1 Å². The van der Waals surface area contributed by atoms with Crippen LogP contribution >= 0.6 is 11.3 Å². The number of thiazole rings is 1. The molecule has 2 saturated heterocycles. The molecule has 0 N–H and O–H groups in total. The van der Waals surface area contributed by atoms with E-state index in [1.165, 1.54) is 6.42 Å². The van der Waals surface area contributed by atoms with Crippen LogP contribution in [0.15, 0.2) is 11.6 Å². The number of ether oxygens (including phenoxy) is 1. The lowest BCUT2D eigenvalue weighted by Gasteiger charge is -2.27. The third-order valence-corrected chi connectivity index (χ3v) is 6.27. The Morgan fingerprint density at radius 2 is 2.19 bits per heavy atom. The van der Waals surface area contributed by atoms with Crippen LogP contribution in [0.25, 0.3) is 4.96 Å². The molecule has 2 aromatic heterocycles. The number of piperidine rings is 1. The first-order chi connectivity index (χ1) is 12.8. The van der Waals surface area contributed by atoms with Gasteiger partial charge in [-0.1, -0.05) is 6.92 Å². The van der Waals surface area contributed by atoms with Gasteiger partial charge in [-0.05, 0) is 38.6 Å². The molecule has 1 atom stereocenters. The second-order valence-corrected chi connectivity index (χ2v) is 8.15. The highest BCUT2D eigenvalue weighted by Crippen LogP contribution is 2.23. The first kappa shape index (κ1) is 17.9. The molecule has 0 aromatic carbocycles. The summed E-state index contributed by atoms with van der Waals surface area (Å²) in [6.07, 6.45) is 8.07. The summed E-state index contributed by atoms with van der Waals surface area (Å²) in [5, 5.41) is 2.04. The van der Waals surface area contributed by atoms with E-state index in [9.17, 15) is 4.79 Å². The van der Waals surface area contributed by atoms with E-state index in [1.54, 1.807) is 11.3 Å². The molecule has 4 rings (SSSR count). The van der Waals surface area contributed by atoms with Crippen molar-refractivity contribution < 1.29 is 9.53 Å². The quantitative estimate of drug-likeness (QED) is 0.778. The van der Waals surface area contributed by atoms with Crippen LogP contribution in [0, 0.1) is 0 Å². The van der Waals surface area contributed by atoms with E-state index in [1.807, 2.05) is 16.5 Å². The van der Waals surface area contributed by atoms with Gasteiger partial charge in [0.1, 0.15) is 0 Å². The molecule has 2 aliphatic rings. The van der Waals surface area contributed by atoms with Gasteiger partial charge in [0.15, 0.2) is 10.7 Å². The normalized spacial score (nSPS) is 21.2. The van der Waals surface area contributed by atoms with Crippen molar-refractivity contribution in [3.63, 3.8) is 0 Å². The number of nitrogens with zero attached hydrogens (tertiary/aromatic N) is 4. The lowest BCUT2D eigenvalue weighted by atomic mass is 10.1. The molecule has 142 valence electrons. The van der Waals surface area contributed by atoms with Gasteiger partial charge in [-0.2, -0.15) is 0 Å². The fraction of sp³-hybridized carbons (Fsp3) is 0.684. The predicted octanol–water partition coefficient (Wildman–Crippen LogP) is 3.02. The molecule has 6 nitrogen and oxygen atoms in total. The Labute approximate surface area is 158 Å². The summed E-state index contributed by atoms with van der Waals surface area (Å²) in [6, 6.07) is 0. The third kappa shape index (κ3) is 3.66. The molecule has 0 bridgehead atoms. The predicted molar refractivity (Wildman–Crippen MR) is 103 cm³/mol. The summed E-state index contributed by atoms with van der Waals surface area (Å²) >= 11 is 1.59. The highest BCUT2D eigenvalue weighted by molar-refractivity contribution is 7.15. The van der Waals surface area contributed by atoms with Gasteiger partial charge in [0.05, 0.1) is 11.8 Å². The van der Waals surface area contributed by atoms with E-state index in [-0.39, 0.29) is 5.91 Å². The van der Waals surface area contributed by atoms with Crippen molar-refractivity contribution in [3.8, 4) is 0 Å². The highest BCUT2D eigenvalue weighted by atomic mass is 32.1. The van der Waals surface area contributed by atoms with Gasteiger partial charge in [-0.25, -0.2) is 4.98 Å². The summed E-state index contributed by atoms with van der Waals surface area (Å²) in [5.74, 6) is 0.101. The number of aromatic nitrogens is 2. The molecule has 7 heteroatoms. The van der Waals surface area contributed by atoms with Crippen LogP contribution in [0.1, 0.15) is 55.2 Å². The fourth-order valence-corrected chi connectivity index (χ4v) is 4.73. The molecule has 0 aliphatic carbocycles. The van der Waals surface area contributed by atoms with Crippen LogP contribution in [-0.2, 0) is 11.3 Å². The average Bonchev–Trinajstić information content (AvgIpc) is 3.40. The zero-order valence-electron chi connectivity index (χ0n) is 15.5. The van der Waals surface area contributed by atoms with Crippen molar-refractivity contribution in [2.75, 3.05) is 32.8 Å². The third-order valence-electron chi connectivity index (χ3n) is 5.51. The molecule has 0 radical (unpaired) electrons. The molecule has 0 spiro atoms. The maximum Gasteiger partial charge on any atom is 0.274 e. The number of rotatable bonds is 6. The maximum absolute atomic E-state index is 13.1. The van der Waals surface area contributed by atoms with Crippen molar-refractivity contribution in [2.45, 2.75) is 51.7 Å². The Morgan fingerprint density at radius 3 is 2.92 bits per heavy atom. The molecule has 1 amide bonds. The monoisotopic (exact) mass is 376 g/mol. The minimum Gasteiger partial charge on any atom is -0.377 e. The summed E-state index contributed by atoms with van der Waals surface area (Å²) in [5.41, 5.74) is 1.67. The smallest absolute Gasteiger partial charge is 0.274 e. The van der Waals surface area contributed by atoms with Gasteiger partial charge in [-0.15, -0.1) is 11.3 Å². The number of fused-ring (bicyclic) bond motifs is 1. The molecule has 4 heterocycles. The van der Waals surface area contributed by atoms with Crippen LogP contribution in [0.2, 0.25) is 0 Å². The van der Waals surface area contributed by atoms with Gasteiger partial charge in [0, 0.05) is 44.4 Å². The molecular weight excluding hydrogens is 348 g/mol. The number of likely N-dealkylation sites (tertiary alicyclic amines) is 1. The van der Waals surface area contributed by atoms with Gasteiger partial charge < -0.3 is 9.64 Å². The van der Waals surface area contributed by atoms with Crippen LogP contribution < -0.4 is 0 Å². The van der Waals surface area contributed by atoms with Crippen molar-refractivity contribution in [1.82, 2.24) is 19.2 Å². The van der Waals surface area contributed by atoms with E-state index >= 15 is 0 Å². The maximum atomic E-state index is 13.1. The second-order valence-electron chi connectivity index (χ2n) is 7.28. The number of carbonyl (C=O) groups is 1. The molecule has 2 aliphatic heterocycles. The summed E-state index contributed by atoms with van der Waals surface area (Å²) in [4.78, 5) is 23.1. The first-order valence-corrected chi connectivity index (χ1v) is 10.7. The molecule has 2 aromatic rings. The molecule has 0 saturated carbocycles. The average molecular weight is 377 g/mol. The van der Waals surface area contributed by atoms with Crippen LogP contribution in [0.3, 0.4) is 0 Å². The lowest BCUT2D eigenvalue weighted by Crippen LogP contribution is -2.37. The Hall–Kier alpha value is -1.44. The zero-order valence-corrected chi connectivity index (χ0v) is 16.3. The van der Waals surface area contributed by atoms with E-state index in [0.29, 0.717) is 11.8 Å². The number of hydrogen-bond donors (Lipinski definition) is 0. The van der Waals surface area contributed by atoms with Crippen molar-refractivity contribution >= 4 is 22.2 Å². The molecule has 26 heavy (non-hydrogen) atoms. The Bertz CT molecular complexity index is 744. The minimum atomic E-state index is 0.101. The highest BCUT2D eigenvalue weighted by Gasteiger charge is 2.27. The fourth-order valence-electron chi connectivity index (χ4n) is 4.00. The largest absolute Gasteiger partial charge is 0.377 e. The van der Waals surface area contributed by atoms with E-state index < -0.39 is 0 Å². The second kappa shape index (κ2) is 8.06. The zero-order chi connectivity index (χ0) is 17.9. The number of amides is 1. The Kier molecular flexibility index (Phi) is 5.57. The summed E-state index contributed by atoms with van der Waals surface area (Å²) in [7, 11) is 0. The van der Waals surface area contributed by atoms with Gasteiger partial charge in [-0.3, -0.25) is 14.1 Å². The van der Waals surface area contributed by atoms with Crippen LogP contribution in [0.4, 0.5) is 0 Å². The SMILES string of the molecule is CCN(Cc1c(C(=O)N2CCCCC2)nc2sccn12)CC1CCCO1. The minimum absolute atomic E-state index is 0.101. The lowest BCUT2D eigenvalue weighted by molar-refractivity contribution is 0.0694. The molecular formula is C19H28N4O2S. The molecule has 1 unspecified atom stereocenters. The number of hydrogen-bond acceptors (Lipinski definition) is 5. The Morgan fingerprint density at radius 1 is 1.35 bits per heavy atom. The van der Waals surface area contributed by atoms with Crippen LogP contribution in [0.5, 0.6) is 0 Å². The number of likely N-dealkylation sites (N-methyl/N-ethyl adjacent to an activating group) is 1. The number of carbonyl (C=O) groups excluding carboxylic acids is 1. The van der Waals surface area contributed by atoms with Crippen molar-refractivity contribution in [3.05, 3.63) is 23.0 Å². The summed E-state index contributed by atoms with van der Waals surface area (Å²) in [6.45, 7) is 7.37. The molecule has 2 fully saturated rings. The van der Waals surface area contributed by atoms with Crippen molar-refractivity contribution in [1.29, 1.82) is 0 Å². The van der Waals surface area contributed by atoms with Gasteiger partial charge >= 0.3 is 0 Å². The summed E-state index contributed by atoms with van der Waals surface area (Å²) < 4.78 is 7.91. The first-order valence-electron chi connectivity index (χ1n) is 9.84. The van der Waals surface area contributed by atoms with Gasteiger partial charge in [0.2, 0.25) is 0 Å². The van der Waals surface area contributed by atoms with E-state index in [4.69, 9.17) is 9.72 Å². The van der Waals surface area contributed by atoms with Crippen LogP contribution in [-0.4, -0.2) is 64.0 Å². The Balaban J connectivity index is 1.57. The van der Waals surface area contributed by atoms with Crippen molar-refractivity contribution in [2.24, 2.45) is 0 Å². The standard InChI is InChI=1S/C19H28N4O2S/c1-2-21(13-15-7-6-11-25-15)14-16-17(20-19-23(16)10-12-26-19)18(24)22-8-4-3-5-9-22/h10,12,15H,2-9,11,13-14H2,1H3.